The van der Waals surface area contributed by atoms with Crippen LogP contribution in [0.25, 0.3) is 10.2 Å². The number of hydrogen-bond acceptors (Lipinski definition) is 4. The zero-order valence-corrected chi connectivity index (χ0v) is 12.5. The van der Waals surface area contributed by atoms with Crippen LogP contribution in [0.2, 0.25) is 0 Å². The molecule has 0 spiro atoms. The Morgan fingerprint density at radius 1 is 1.29 bits per heavy atom. The molecular weight excluding hydrogens is 284 g/mol. The lowest BCUT2D eigenvalue weighted by atomic mass is 10.1. The third-order valence-corrected chi connectivity index (χ3v) is 4.08. The first kappa shape index (κ1) is 13.6. The molecule has 0 fully saturated rings. The Balaban J connectivity index is 1.92. The maximum Gasteiger partial charge on any atom is 0.255 e. The van der Waals surface area contributed by atoms with Crippen LogP contribution in [0.3, 0.4) is 0 Å². The maximum atomic E-state index is 12.4. The minimum Gasteiger partial charge on any atom is -0.495 e. The summed E-state index contributed by atoms with van der Waals surface area (Å²) in [5.74, 6) is 0.500. The van der Waals surface area contributed by atoms with Gasteiger partial charge in [0.2, 0.25) is 0 Å². The number of amides is 1. The van der Waals surface area contributed by atoms with Crippen molar-refractivity contribution in [2.24, 2.45) is 0 Å². The Labute approximate surface area is 126 Å². The number of para-hydroxylation sites is 1. The van der Waals surface area contributed by atoms with Crippen molar-refractivity contribution < 1.29 is 9.53 Å². The summed E-state index contributed by atoms with van der Waals surface area (Å²) in [6.45, 7) is 1.94. The first-order valence-corrected chi connectivity index (χ1v) is 7.35. The van der Waals surface area contributed by atoms with E-state index in [1.54, 1.807) is 18.7 Å². The fraction of sp³-hybridized carbons (Fsp3) is 0.125. The highest BCUT2D eigenvalue weighted by Gasteiger charge is 2.12. The Hall–Kier alpha value is -2.40. The van der Waals surface area contributed by atoms with E-state index in [4.69, 9.17) is 4.74 Å². The first-order chi connectivity index (χ1) is 10.2. The number of carbonyl (C=O) groups is 1. The van der Waals surface area contributed by atoms with Gasteiger partial charge in [0.1, 0.15) is 5.75 Å². The Bertz CT molecular complexity index is 811. The topological polar surface area (TPSA) is 51.2 Å². The molecule has 106 valence electrons. The highest BCUT2D eigenvalue weighted by atomic mass is 32.1. The number of rotatable bonds is 3. The molecule has 0 radical (unpaired) electrons. The molecule has 0 aliphatic heterocycles. The normalized spacial score (nSPS) is 10.6. The van der Waals surface area contributed by atoms with Crippen molar-refractivity contribution in [3.05, 3.63) is 53.0 Å². The van der Waals surface area contributed by atoms with E-state index in [0.29, 0.717) is 17.0 Å². The van der Waals surface area contributed by atoms with Crippen molar-refractivity contribution in [3.8, 4) is 5.75 Å². The smallest absolute Gasteiger partial charge is 0.255 e. The van der Waals surface area contributed by atoms with E-state index in [9.17, 15) is 4.79 Å². The van der Waals surface area contributed by atoms with Crippen LogP contribution < -0.4 is 10.1 Å². The van der Waals surface area contributed by atoms with Gasteiger partial charge in [-0.15, -0.1) is 11.3 Å². The molecule has 2 aromatic carbocycles. The molecule has 0 atom stereocenters. The zero-order chi connectivity index (χ0) is 14.8. The molecule has 0 unspecified atom stereocenters. The van der Waals surface area contributed by atoms with Gasteiger partial charge in [-0.1, -0.05) is 12.1 Å². The lowest BCUT2D eigenvalue weighted by Gasteiger charge is -2.12. The van der Waals surface area contributed by atoms with Crippen LogP contribution >= 0.6 is 11.3 Å². The number of ether oxygens (including phenoxy) is 1. The number of anilines is 1. The minimum atomic E-state index is -0.155. The van der Waals surface area contributed by atoms with Crippen LogP contribution in [0.5, 0.6) is 5.75 Å². The van der Waals surface area contributed by atoms with Crippen LogP contribution in [0.15, 0.2) is 41.9 Å². The predicted molar refractivity (Wildman–Crippen MR) is 85.3 cm³/mol. The third kappa shape index (κ3) is 2.60. The average Bonchev–Trinajstić information content (AvgIpc) is 2.96. The third-order valence-electron chi connectivity index (χ3n) is 3.29. The Kier molecular flexibility index (Phi) is 3.58. The number of hydrogen-bond donors (Lipinski definition) is 1. The molecule has 0 saturated carbocycles. The van der Waals surface area contributed by atoms with Crippen LogP contribution in [-0.2, 0) is 0 Å². The van der Waals surface area contributed by atoms with Crippen molar-refractivity contribution in [1.82, 2.24) is 4.98 Å². The Morgan fingerprint density at radius 2 is 2.14 bits per heavy atom. The highest BCUT2D eigenvalue weighted by Crippen LogP contribution is 2.28. The minimum absolute atomic E-state index is 0.155. The summed E-state index contributed by atoms with van der Waals surface area (Å²) in [6.07, 6.45) is 0. The van der Waals surface area contributed by atoms with Gasteiger partial charge in [0.05, 0.1) is 28.5 Å². The molecule has 1 heterocycles. The van der Waals surface area contributed by atoms with E-state index < -0.39 is 0 Å². The van der Waals surface area contributed by atoms with Crippen LogP contribution in [0, 0.1) is 6.92 Å². The van der Waals surface area contributed by atoms with E-state index in [1.807, 2.05) is 37.3 Å². The summed E-state index contributed by atoms with van der Waals surface area (Å²) in [5.41, 5.74) is 4.95. The highest BCUT2D eigenvalue weighted by molar-refractivity contribution is 7.16. The van der Waals surface area contributed by atoms with Gasteiger partial charge in [0, 0.05) is 5.56 Å². The summed E-state index contributed by atoms with van der Waals surface area (Å²) in [5, 5.41) is 2.92. The summed E-state index contributed by atoms with van der Waals surface area (Å²) in [6, 6.07) is 11.2. The van der Waals surface area contributed by atoms with Gasteiger partial charge in [-0.05, 0) is 36.8 Å². The summed E-state index contributed by atoms with van der Waals surface area (Å²) >= 11 is 1.52. The Morgan fingerprint density at radius 3 is 2.95 bits per heavy atom. The molecule has 21 heavy (non-hydrogen) atoms. The molecule has 5 heteroatoms. The number of nitrogens with one attached hydrogen (secondary N) is 1. The zero-order valence-electron chi connectivity index (χ0n) is 11.7. The van der Waals surface area contributed by atoms with Crippen molar-refractivity contribution in [3.63, 3.8) is 0 Å². The molecule has 0 saturated heterocycles. The van der Waals surface area contributed by atoms with Gasteiger partial charge in [0.15, 0.2) is 0 Å². The largest absolute Gasteiger partial charge is 0.495 e. The molecule has 1 N–H and O–H groups in total. The number of methoxy groups -OCH3 is 1. The average molecular weight is 298 g/mol. The second-order valence-corrected chi connectivity index (χ2v) is 5.53. The molecule has 4 nitrogen and oxygen atoms in total. The molecule has 1 aromatic heterocycles. The molecule has 3 rings (SSSR count). The van der Waals surface area contributed by atoms with Crippen LogP contribution in [-0.4, -0.2) is 18.0 Å². The van der Waals surface area contributed by atoms with E-state index in [1.165, 1.54) is 11.3 Å². The first-order valence-electron chi connectivity index (χ1n) is 6.47. The lowest BCUT2D eigenvalue weighted by Crippen LogP contribution is -2.13. The summed E-state index contributed by atoms with van der Waals surface area (Å²) < 4.78 is 6.30. The van der Waals surface area contributed by atoms with Crippen molar-refractivity contribution >= 4 is 33.1 Å². The predicted octanol–water partition coefficient (Wildman–Crippen LogP) is 3.87. The number of nitrogens with zero attached hydrogens (tertiary/aromatic N) is 1. The van der Waals surface area contributed by atoms with Crippen molar-refractivity contribution in [1.29, 1.82) is 0 Å². The molecule has 3 aromatic rings. The number of thiazole rings is 1. The standard InChI is InChI=1S/C16H14N2O2S/c1-10-4-3-5-13(20-2)15(10)18-16(19)11-6-7-12-14(8-11)21-9-17-12/h3-9H,1-2H3,(H,18,19). The van der Waals surface area contributed by atoms with E-state index >= 15 is 0 Å². The quantitative estimate of drug-likeness (QED) is 0.798. The fourth-order valence-corrected chi connectivity index (χ4v) is 2.87. The van der Waals surface area contributed by atoms with Crippen molar-refractivity contribution in [2.45, 2.75) is 6.92 Å². The number of fused-ring (bicyclic) bond motifs is 1. The second kappa shape index (κ2) is 5.54. The summed E-state index contributed by atoms with van der Waals surface area (Å²) in [7, 11) is 1.59. The molecular formula is C16H14N2O2S. The number of aryl methyl sites for hydroxylation is 1. The van der Waals surface area contributed by atoms with E-state index in [0.717, 1.165) is 15.8 Å². The second-order valence-electron chi connectivity index (χ2n) is 4.64. The van der Waals surface area contributed by atoms with Gasteiger partial charge in [0.25, 0.3) is 5.91 Å². The number of carbonyl (C=O) groups excluding carboxylic acids is 1. The van der Waals surface area contributed by atoms with Gasteiger partial charge in [-0.3, -0.25) is 4.79 Å². The molecule has 1 amide bonds. The summed E-state index contributed by atoms with van der Waals surface area (Å²) in [4.78, 5) is 16.6. The SMILES string of the molecule is COc1cccc(C)c1NC(=O)c1ccc2ncsc2c1. The monoisotopic (exact) mass is 298 g/mol. The van der Waals surface area contributed by atoms with Crippen LogP contribution in [0.1, 0.15) is 15.9 Å². The molecule has 0 bridgehead atoms. The molecule has 0 aliphatic rings. The number of aromatic nitrogens is 1. The van der Waals surface area contributed by atoms with E-state index in [-0.39, 0.29) is 5.91 Å². The lowest BCUT2D eigenvalue weighted by molar-refractivity contribution is 0.102. The fourth-order valence-electron chi connectivity index (χ4n) is 2.15. The van der Waals surface area contributed by atoms with Gasteiger partial charge in [-0.2, -0.15) is 0 Å². The maximum absolute atomic E-state index is 12.4. The van der Waals surface area contributed by atoms with Crippen LogP contribution in [0.4, 0.5) is 5.69 Å². The van der Waals surface area contributed by atoms with Gasteiger partial charge >= 0.3 is 0 Å². The number of benzene rings is 2. The van der Waals surface area contributed by atoms with Gasteiger partial charge in [-0.25, -0.2) is 4.98 Å². The van der Waals surface area contributed by atoms with Crippen molar-refractivity contribution in [2.75, 3.05) is 12.4 Å². The molecule has 0 aliphatic carbocycles. The van der Waals surface area contributed by atoms with Gasteiger partial charge < -0.3 is 10.1 Å². The van der Waals surface area contributed by atoms with E-state index in [2.05, 4.69) is 10.3 Å².